The molecule has 0 radical (unpaired) electrons. The first-order chi connectivity index (χ1) is 12.9. The minimum absolute atomic E-state index is 0.107. The Labute approximate surface area is 163 Å². The van der Waals surface area contributed by atoms with Gasteiger partial charge in [0.1, 0.15) is 10.8 Å². The van der Waals surface area contributed by atoms with Gasteiger partial charge in [-0.25, -0.2) is 4.79 Å². The van der Waals surface area contributed by atoms with Crippen LogP contribution in [0, 0.1) is 19.8 Å². The third-order valence-corrected chi connectivity index (χ3v) is 6.03. The Morgan fingerprint density at radius 3 is 2.81 bits per heavy atom. The molecule has 0 fully saturated rings. The molecule has 1 aliphatic rings. The minimum Gasteiger partial charge on any atom is -0.483 e. The molecule has 3 rings (SSSR count). The molecule has 1 aromatic heterocycles. The molecule has 1 heterocycles. The fourth-order valence-electron chi connectivity index (χ4n) is 3.33. The van der Waals surface area contributed by atoms with Crippen LogP contribution in [0.3, 0.4) is 0 Å². The molecule has 0 aliphatic heterocycles. The van der Waals surface area contributed by atoms with E-state index in [2.05, 4.69) is 12.2 Å². The standard InChI is InChI=1S/C21H25NO4S/c1-12-5-7-14(3)16(9-12)26-11-18(23)22-20-19(21(24)25-4)15-8-6-13(2)10-17(15)27-20/h5,7,9,13H,6,8,10-11H2,1-4H3,(H,22,23). The van der Waals surface area contributed by atoms with Crippen LogP contribution in [0.1, 0.15) is 45.3 Å². The van der Waals surface area contributed by atoms with Gasteiger partial charge in [0.2, 0.25) is 0 Å². The largest absolute Gasteiger partial charge is 0.483 e. The van der Waals surface area contributed by atoms with Crippen LogP contribution in [0.25, 0.3) is 0 Å². The Hall–Kier alpha value is -2.34. The summed E-state index contributed by atoms with van der Waals surface area (Å²) < 4.78 is 10.6. The van der Waals surface area contributed by atoms with Crippen molar-refractivity contribution < 1.29 is 19.1 Å². The highest BCUT2D eigenvalue weighted by atomic mass is 32.1. The molecule has 1 atom stereocenters. The van der Waals surface area contributed by atoms with E-state index < -0.39 is 5.97 Å². The number of carbonyl (C=O) groups is 2. The van der Waals surface area contributed by atoms with Gasteiger partial charge < -0.3 is 14.8 Å². The molecule has 0 spiro atoms. The number of rotatable bonds is 5. The van der Waals surface area contributed by atoms with Crippen LogP contribution < -0.4 is 10.1 Å². The number of carbonyl (C=O) groups excluding carboxylic acids is 2. The monoisotopic (exact) mass is 387 g/mol. The van der Waals surface area contributed by atoms with E-state index in [4.69, 9.17) is 9.47 Å². The number of amides is 1. The number of methoxy groups -OCH3 is 1. The molecule has 1 aromatic carbocycles. The minimum atomic E-state index is -0.396. The first kappa shape index (κ1) is 19.4. The van der Waals surface area contributed by atoms with Crippen LogP contribution in [-0.4, -0.2) is 25.6 Å². The summed E-state index contributed by atoms with van der Waals surface area (Å²) in [5.41, 5.74) is 3.58. The highest BCUT2D eigenvalue weighted by Gasteiger charge is 2.28. The fourth-order valence-corrected chi connectivity index (χ4v) is 4.74. The Kier molecular flexibility index (Phi) is 5.85. The van der Waals surface area contributed by atoms with E-state index in [1.165, 1.54) is 23.3 Å². The van der Waals surface area contributed by atoms with E-state index in [1.807, 2.05) is 32.0 Å². The van der Waals surface area contributed by atoms with Crippen molar-refractivity contribution in [2.45, 2.75) is 40.0 Å². The maximum absolute atomic E-state index is 12.4. The molecular weight excluding hydrogens is 362 g/mol. The van der Waals surface area contributed by atoms with Crippen LogP contribution >= 0.6 is 11.3 Å². The number of aryl methyl sites for hydroxylation is 2. The van der Waals surface area contributed by atoms with Gasteiger partial charge in [0.15, 0.2) is 6.61 Å². The van der Waals surface area contributed by atoms with Gasteiger partial charge >= 0.3 is 5.97 Å². The van der Waals surface area contributed by atoms with E-state index in [9.17, 15) is 9.59 Å². The summed E-state index contributed by atoms with van der Waals surface area (Å²) in [5.74, 6) is 0.593. The van der Waals surface area contributed by atoms with Gasteiger partial charge in [-0.15, -0.1) is 11.3 Å². The maximum Gasteiger partial charge on any atom is 0.341 e. The quantitative estimate of drug-likeness (QED) is 0.777. The molecule has 0 saturated carbocycles. The Morgan fingerprint density at radius 2 is 2.07 bits per heavy atom. The number of ether oxygens (including phenoxy) is 2. The summed E-state index contributed by atoms with van der Waals surface area (Å²) in [6, 6.07) is 5.88. The number of hydrogen-bond donors (Lipinski definition) is 1. The van der Waals surface area contributed by atoms with Crippen molar-refractivity contribution in [2.75, 3.05) is 19.0 Å². The second kappa shape index (κ2) is 8.13. The van der Waals surface area contributed by atoms with Crippen LogP contribution in [0.2, 0.25) is 0 Å². The predicted octanol–water partition coefficient (Wildman–Crippen LogP) is 4.29. The fraction of sp³-hybridized carbons (Fsp3) is 0.429. The third kappa shape index (κ3) is 4.33. The number of hydrogen-bond acceptors (Lipinski definition) is 5. The second-order valence-electron chi connectivity index (χ2n) is 7.15. The zero-order valence-corrected chi connectivity index (χ0v) is 17.0. The molecule has 1 amide bonds. The van der Waals surface area contributed by atoms with Crippen molar-refractivity contribution in [1.82, 2.24) is 0 Å². The molecule has 1 aliphatic carbocycles. The van der Waals surface area contributed by atoms with Crippen molar-refractivity contribution in [3.8, 4) is 5.75 Å². The average Bonchev–Trinajstić information content (AvgIpc) is 2.98. The van der Waals surface area contributed by atoms with Crippen molar-refractivity contribution in [3.05, 3.63) is 45.3 Å². The number of nitrogens with one attached hydrogen (secondary N) is 1. The van der Waals surface area contributed by atoms with Crippen LogP contribution in [0.15, 0.2) is 18.2 Å². The third-order valence-electron chi connectivity index (χ3n) is 4.86. The van der Waals surface area contributed by atoms with Crippen molar-refractivity contribution in [3.63, 3.8) is 0 Å². The zero-order chi connectivity index (χ0) is 19.6. The molecule has 5 nitrogen and oxygen atoms in total. The highest BCUT2D eigenvalue weighted by molar-refractivity contribution is 7.17. The van der Waals surface area contributed by atoms with E-state index in [1.54, 1.807) is 0 Å². The molecule has 0 saturated heterocycles. The summed E-state index contributed by atoms with van der Waals surface area (Å²) in [4.78, 5) is 25.9. The van der Waals surface area contributed by atoms with Gasteiger partial charge in [0.05, 0.1) is 12.7 Å². The molecule has 1 unspecified atom stereocenters. The lowest BCUT2D eigenvalue weighted by atomic mass is 9.88. The van der Waals surface area contributed by atoms with Crippen molar-refractivity contribution in [1.29, 1.82) is 0 Å². The van der Waals surface area contributed by atoms with Gasteiger partial charge in [-0.05, 0) is 61.8 Å². The molecule has 27 heavy (non-hydrogen) atoms. The molecule has 144 valence electrons. The summed E-state index contributed by atoms with van der Waals surface area (Å²) >= 11 is 1.48. The number of anilines is 1. The normalized spacial score (nSPS) is 15.8. The number of esters is 1. The van der Waals surface area contributed by atoms with E-state index in [0.29, 0.717) is 22.2 Å². The number of fused-ring (bicyclic) bond motifs is 1. The molecule has 2 aromatic rings. The summed E-state index contributed by atoms with van der Waals surface area (Å²) in [6.07, 6.45) is 2.81. The maximum atomic E-state index is 12.4. The van der Waals surface area contributed by atoms with Crippen LogP contribution in [0.4, 0.5) is 5.00 Å². The van der Waals surface area contributed by atoms with Gasteiger partial charge in [0.25, 0.3) is 5.91 Å². The Bertz CT molecular complexity index is 871. The predicted molar refractivity (Wildman–Crippen MR) is 107 cm³/mol. The van der Waals surface area contributed by atoms with Crippen molar-refractivity contribution in [2.24, 2.45) is 5.92 Å². The number of thiophene rings is 1. The lowest BCUT2D eigenvalue weighted by Crippen LogP contribution is -2.21. The topological polar surface area (TPSA) is 64.6 Å². The zero-order valence-electron chi connectivity index (χ0n) is 16.2. The summed E-state index contributed by atoms with van der Waals surface area (Å²) in [6.45, 7) is 6.02. The van der Waals surface area contributed by atoms with Gasteiger partial charge in [0, 0.05) is 4.88 Å². The smallest absolute Gasteiger partial charge is 0.341 e. The lowest BCUT2D eigenvalue weighted by molar-refractivity contribution is -0.118. The van der Waals surface area contributed by atoms with E-state index >= 15 is 0 Å². The lowest BCUT2D eigenvalue weighted by Gasteiger charge is -2.18. The first-order valence-corrected chi connectivity index (χ1v) is 9.93. The Balaban J connectivity index is 1.75. The molecule has 1 N–H and O–H groups in total. The van der Waals surface area contributed by atoms with Gasteiger partial charge in [-0.3, -0.25) is 4.79 Å². The molecule has 0 bridgehead atoms. The Morgan fingerprint density at radius 1 is 1.30 bits per heavy atom. The van der Waals surface area contributed by atoms with Gasteiger partial charge in [-0.2, -0.15) is 0 Å². The molecule has 6 heteroatoms. The number of benzene rings is 1. The summed E-state index contributed by atoms with van der Waals surface area (Å²) in [5, 5.41) is 3.42. The van der Waals surface area contributed by atoms with Crippen molar-refractivity contribution >= 4 is 28.2 Å². The first-order valence-electron chi connectivity index (χ1n) is 9.11. The highest BCUT2D eigenvalue weighted by Crippen LogP contribution is 2.40. The molecular formula is C21H25NO4S. The average molecular weight is 388 g/mol. The SMILES string of the molecule is COC(=O)c1c(NC(=O)COc2cc(C)ccc2C)sc2c1CCC(C)C2. The summed E-state index contributed by atoms with van der Waals surface area (Å²) in [7, 11) is 1.37. The van der Waals surface area contributed by atoms with Crippen LogP contribution in [-0.2, 0) is 22.4 Å². The second-order valence-corrected chi connectivity index (χ2v) is 8.26. The van der Waals surface area contributed by atoms with E-state index in [-0.39, 0.29) is 12.5 Å². The van der Waals surface area contributed by atoms with E-state index in [0.717, 1.165) is 36.0 Å². The van der Waals surface area contributed by atoms with Gasteiger partial charge in [-0.1, -0.05) is 19.1 Å². The van der Waals surface area contributed by atoms with Crippen LogP contribution in [0.5, 0.6) is 5.75 Å².